The van der Waals surface area contributed by atoms with Crippen LogP contribution >= 0.6 is 0 Å². The van der Waals surface area contributed by atoms with E-state index in [4.69, 9.17) is 5.26 Å². The van der Waals surface area contributed by atoms with Gasteiger partial charge in [-0.15, -0.1) is 0 Å². The minimum absolute atomic E-state index is 0.106. The van der Waals surface area contributed by atoms with Crippen LogP contribution in [-0.2, 0) is 9.84 Å². The highest BCUT2D eigenvalue weighted by Gasteiger charge is 2.07. The van der Waals surface area contributed by atoms with Gasteiger partial charge in [-0.25, -0.2) is 8.42 Å². The molecular weight excluding hydrogens is 188 g/mol. The number of nitrogens with zero attached hydrogens (tertiary/aromatic N) is 2. The third-order valence-corrected chi connectivity index (χ3v) is 2.47. The van der Waals surface area contributed by atoms with Crippen molar-refractivity contribution >= 4 is 9.84 Å². The molecule has 0 aliphatic carbocycles. The van der Waals surface area contributed by atoms with Crippen molar-refractivity contribution in [3.63, 3.8) is 0 Å². The van der Waals surface area contributed by atoms with Gasteiger partial charge in [0.05, 0.1) is 18.4 Å². The molecule has 1 radical (unpaired) electrons. The van der Waals surface area contributed by atoms with E-state index in [1.54, 1.807) is 4.90 Å². The van der Waals surface area contributed by atoms with E-state index in [9.17, 15) is 8.42 Å². The Kier molecular flexibility index (Phi) is 5.67. The van der Waals surface area contributed by atoms with E-state index in [1.165, 1.54) is 6.26 Å². The van der Waals surface area contributed by atoms with E-state index in [1.807, 2.05) is 6.07 Å². The molecule has 0 aromatic rings. The first-order valence-electron chi connectivity index (χ1n) is 4.06. The summed E-state index contributed by atoms with van der Waals surface area (Å²) in [5, 5.41) is 8.43. The summed E-state index contributed by atoms with van der Waals surface area (Å²) in [4.78, 5) is 1.79. The average Bonchev–Trinajstić information content (AvgIpc) is 2.00. The molecule has 0 bridgehead atoms. The zero-order valence-corrected chi connectivity index (χ0v) is 8.68. The van der Waals surface area contributed by atoms with Gasteiger partial charge in [0.1, 0.15) is 9.84 Å². The highest BCUT2D eigenvalue weighted by atomic mass is 32.2. The summed E-state index contributed by atoms with van der Waals surface area (Å²) in [5.41, 5.74) is 0. The summed E-state index contributed by atoms with van der Waals surface area (Å²) in [7, 11) is -2.93. The van der Waals surface area contributed by atoms with E-state index in [2.05, 4.69) is 6.92 Å². The standard InChI is InChI=1S/C8H15N2O2S/c1-3-5-10(6-4-9)7-8-13(2,11)12/h1,3,5-8H2,2H3. The summed E-state index contributed by atoms with van der Waals surface area (Å²) in [6, 6.07) is 1.99. The van der Waals surface area contributed by atoms with Crippen LogP contribution in [0.2, 0.25) is 0 Å². The minimum Gasteiger partial charge on any atom is -0.290 e. The van der Waals surface area contributed by atoms with Crippen LogP contribution in [-0.4, -0.2) is 45.0 Å². The van der Waals surface area contributed by atoms with Gasteiger partial charge in [-0.1, -0.05) is 6.92 Å². The molecule has 75 valence electrons. The third kappa shape index (κ3) is 7.75. The number of hydrogen-bond donors (Lipinski definition) is 0. The van der Waals surface area contributed by atoms with Gasteiger partial charge in [-0.05, 0) is 13.0 Å². The van der Waals surface area contributed by atoms with Crippen molar-refractivity contribution < 1.29 is 8.42 Å². The summed E-state index contributed by atoms with van der Waals surface area (Å²) in [6.07, 6.45) is 1.88. The molecule has 4 nitrogen and oxygen atoms in total. The van der Waals surface area contributed by atoms with Crippen LogP contribution in [0.3, 0.4) is 0 Å². The van der Waals surface area contributed by atoms with Crippen molar-refractivity contribution in [3.8, 4) is 6.07 Å². The van der Waals surface area contributed by atoms with Crippen LogP contribution in [0.4, 0.5) is 0 Å². The summed E-state index contributed by atoms with van der Waals surface area (Å²) in [5.74, 6) is 0.106. The second-order valence-corrected chi connectivity index (χ2v) is 5.18. The Bertz CT molecular complexity index is 266. The zero-order chi connectivity index (χ0) is 10.3. The molecule has 0 aliphatic heterocycles. The van der Waals surface area contributed by atoms with E-state index in [0.29, 0.717) is 19.5 Å². The molecule has 0 aliphatic rings. The van der Waals surface area contributed by atoms with Crippen molar-refractivity contribution in [2.24, 2.45) is 0 Å². The molecule has 0 aromatic carbocycles. The lowest BCUT2D eigenvalue weighted by Gasteiger charge is -2.16. The van der Waals surface area contributed by atoms with Crippen LogP contribution < -0.4 is 0 Å². The Labute approximate surface area is 80.1 Å². The third-order valence-electron chi connectivity index (χ3n) is 1.55. The first-order valence-corrected chi connectivity index (χ1v) is 6.12. The van der Waals surface area contributed by atoms with Crippen LogP contribution in [0.25, 0.3) is 0 Å². The van der Waals surface area contributed by atoms with Gasteiger partial charge in [0.15, 0.2) is 0 Å². The summed E-state index contributed by atoms with van der Waals surface area (Å²) in [6.45, 7) is 5.01. The van der Waals surface area contributed by atoms with E-state index in [0.717, 1.165) is 0 Å². The maximum Gasteiger partial charge on any atom is 0.148 e. The van der Waals surface area contributed by atoms with Crippen molar-refractivity contribution in [3.05, 3.63) is 6.92 Å². The largest absolute Gasteiger partial charge is 0.290 e. The Balaban J connectivity index is 3.90. The van der Waals surface area contributed by atoms with Gasteiger partial charge in [-0.3, -0.25) is 4.90 Å². The van der Waals surface area contributed by atoms with Crippen molar-refractivity contribution in [1.82, 2.24) is 4.90 Å². The second kappa shape index (κ2) is 5.95. The number of hydrogen-bond acceptors (Lipinski definition) is 4. The smallest absolute Gasteiger partial charge is 0.148 e. The normalized spacial score (nSPS) is 11.5. The van der Waals surface area contributed by atoms with Crippen LogP contribution in [0.15, 0.2) is 0 Å². The lowest BCUT2D eigenvalue weighted by molar-refractivity contribution is 0.329. The summed E-state index contributed by atoms with van der Waals surface area (Å²) < 4.78 is 21.6. The molecular formula is C8H15N2O2S. The minimum atomic E-state index is -2.93. The van der Waals surface area contributed by atoms with E-state index >= 15 is 0 Å². The Morgan fingerprint density at radius 1 is 1.46 bits per heavy atom. The van der Waals surface area contributed by atoms with Gasteiger partial charge < -0.3 is 0 Å². The maximum absolute atomic E-state index is 10.8. The molecule has 0 fully saturated rings. The van der Waals surface area contributed by atoms with Gasteiger partial charge in [0.25, 0.3) is 0 Å². The maximum atomic E-state index is 10.8. The first-order chi connectivity index (χ1) is 5.99. The lowest BCUT2D eigenvalue weighted by atomic mass is 10.4. The van der Waals surface area contributed by atoms with Crippen molar-refractivity contribution in [2.45, 2.75) is 6.42 Å². The highest BCUT2D eigenvalue weighted by molar-refractivity contribution is 7.90. The van der Waals surface area contributed by atoms with Crippen LogP contribution in [0.1, 0.15) is 6.42 Å². The van der Waals surface area contributed by atoms with Crippen molar-refractivity contribution in [1.29, 1.82) is 5.26 Å². The van der Waals surface area contributed by atoms with Gasteiger partial charge in [0.2, 0.25) is 0 Å². The Morgan fingerprint density at radius 2 is 2.08 bits per heavy atom. The predicted octanol–water partition coefficient (Wildman–Crippen LogP) is 0.0808. The SMILES string of the molecule is [CH2]CCN(CC#N)CCS(C)(=O)=O. The fourth-order valence-corrected chi connectivity index (χ4v) is 1.48. The fourth-order valence-electron chi connectivity index (χ4n) is 0.888. The first kappa shape index (κ1) is 12.4. The molecule has 5 heteroatoms. The quantitative estimate of drug-likeness (QED) is 0.574. The number of nitriles is 1. The molecule has 0 aromatic heterocycles. The van der Waals surface area contributed by atoms with E-state index < -0.39 is 9.84 Å². The molecule has 0 N–H and O–H groups in total. The lowest BCUT2D eigenvalue weighted by Crippen LogP contribution is -2.30. The van der Waals surface area contributed by atoms with Crippen molar-refractivity contribution in [2.75, 3.05) is 31.6 Å². The summed E-state index contributed by atoms with van der Waals surface area (Å²) >= 11 is 0. The Morgan fingerprint density at radius 3 is 2.46 bits per heavy atom. The monoisotopic (exact) mass is 203 g/mol. The molecule has 0 heterocycles. The molecule has 0 saturated heterocycles. The molecule has 0 atom stereocenters. The molecule has 0 spiro atoms. The van der Waals surface area contributed by atoms with Crippen LogP contribution in [0, 0.1) is 18.3 Å². The molecule has 0 unspecified atom stereocenters. The predicted molar refractivity (Wildman–Crippen MR) is 51.7 cm³/mol. The van der Waals surface area contributed by atoms with E-state index in [-0.39, 0.29) is 12.3 Å². The fraction of sp³-hybridized carbons (Fsp3) is 0.750. The number of rotatable bonds is 6. The van der Waals surface area contributed by atoms with Crippen LogP contribution in [0.5, 0.6) is 0 Å². The molecule has 13 heavy (non-hydrogen) atoms. The Hall–Kier alpha value is -0.600. The molecule has 0 saturated carbocycles. The van der Waals surface area contributed by atoms with Gasteiger partial charge in [0, 0.05) is 12.8 Å². The van der Waals surface area contributed by atoms with Gasteiger partial charge in [-0.2, -0.15) is 5.26 Å². The topological polar surface area (TPSA) is 61.2 Å². The molecule has 0 amide bonds. The molecule has 0 rings (SSSR count). The second-order valence-electron chi connectivity index (χ2n) is 2.92. The van der Waals surface area contributed by atoms with Gasteiger partial charge >= 0.3 is 0 Å². The zero-order valence-electron chi connectivity index (χ0n) is 7.86. The average molecular weight is 203 g/mol. The highest BCUT2D eigenvalue weighted by Crippen LogP contribution is 1.92. The number of sulfone groups is 1.